The molecule has 0 aliphatic rings. The maximum Gasteiger partial charge on any atom is 0.165 e. The van der Waals surface area contributed by atoms with Crippen molar-refractivity contribution in [1.29, 1.82) is 0 Å². The second-order valence-corrected chi connectivity index (χ2v) is 5.38. The van der Waals surface area contributed by atoms with Crippen LogP contribution >= 0.6 is 22.9 Å². The lowest BCUT2D eigenvalue weighted by molar-refractivity contribution is 0.385. The summed E-state index contributed by atoms with van der Waals surface area (Å²) in [5.74, 6) is 5.34. The first kappa shape index (κ1) is 13.3. The maximum atomic E-state index is 13.3. The van der Waals surface area contributed by atoms with Crippen LogP contribution in [0.4, 0.5) is 4.39 Å². The summed E-state index contributed by atoms with van der Waals surface area (Å²) in [7, 11) is 1.43. The van der Waals surface area contributed by atoms with Gasteiger partial charge in [-0.15, -0.1) is 11.3 Å². The highest BCUT2D eigenvalue weighted by Gasteiger charge is 2.16. The first-order valence-electron chi connectivity index (χ1n) is 5.20. The van der Waals surface area contributed by atoms with E-state index in [9.17, 15) is 4.39 Å². The minimum absolute atomic E-state index is 0.190. The lowest BCUT2D eigenvalue weighted by Gasteiger charge is -2.15. The van der Waals surface area contributed by atoms with E-state index in [1.54, 1.807) is 18.2 Å². The second-order valence-electron chi connectivity index (χ2n) is 3.64. The standard InChI is InChI=1S/C12H12ClFN2OS/c1-17-9-6-7(2-3-8(9)14)12(16-15)10-4-5-11(13)18-10/h2-6,12,16H,15H2,1H3. The van der Waals surface area contributed by atoms with E-state index in [0.717, 1.165) is 10.4 Å². The van der Waals surface area contributed by atoms with Gasteiger partial charge in [-0.25, -0.2) is 9.82 Å². The molecule has 6 heteroatoms. The van der Waals surface area contributed by atoms with Gasteiger partial charge in [-0.1, -0.05) is 17.7 Å². The number of ether oxygens (including phenoxy) is 1. The van der Waals surface area contributed by atoms with E-state index < -0.39 is 5.82 Å². The highest BCUT2D eigenvalue weighted by molar-refractivity contribution is 7.16. The van der Waals surface area contributed by atoms with Crippen molar-refractivity contribution >= 4 is 22.9 Å². The van der Waals surface area contributed by atoms with E-state index in [1.165, 1.54) is 24.5 Å². The zero-order chi connectivity index (χ0) is 13.1. The van der Waals surface area contributed by atoms with Gasteiger partial charge >= 0.3 is 0 Å². The third-order valence-electron chi connectivity index (χ3n) is 2.55. The number of nitrogens with two attached hydrogens (primary N) is 1. The van der Waals surface area contributed by atoms with Gasteiger partial charge in [0.05, 0.1) is 17.5 Å². The number of benzene rings is 1. The summed E-state index contributed by atoms with van der Waals surface area (Å²) >= 11 is 7.32. The normalized spacial score (nSPS) is 12.4. The van der Waals surface area contributed by atoms with Crippen LogP contribution in [-0.2, 0) is 0 Å². The summed E-state index contributed by atoms with van der Waals surface area (Å²) in [5, 5.41) is 0. The molecule has 1 aromatic heterocycles. The highest BCUT2D eigenvalue weighted by Crippen LogP contribution is 2.32. The van der Waals surface area contributed by atoms with Crippen molar-refractivity contribution in [3.8, 4) is 5.75 Å². The van der Waals surface area contributed by atoms with Crippen molar-refractivity contribution < 1.29 is 9.13 Å². The summed E-state index contributed by atoms with van der Waals surface area (Å²) < 4.78 is 19.0. The number of thiophene rings is 1. The number of rotatable bonds is 4. The Bertz CT molecular complexity index is 547. The molecule has 1 unspecified atom stereocenters. The summed E-state index contributed by atoms with van der Waals surface area (Å²) in [5.41, 5.74) is 3.51. The molecule has 96 valence electrons. The molecule has 2 aromatic rings. The minimum atomic E-state index is -0.402. The fraction of sp³-hybridized carbons (Fsp3) is 0.167. The zero-order valence-electron chi connectivity index (χ0n) is 9.61. The van der Waals surface area contributed by atoms with Gasteiger partial charge in [-0.05, 0) is 29.8 Å². The van der Waals surface area contributed by atoms with Crippen LogP contribution in [0.25, 0.3) is 0 Å². The predicted octanol–water partition coefficient (Wildman–Crippen LogP) is 3.10. The van der Waals surface area contributed by atoms with Crippen LogP contribution in [0.1, 0.15) is 16.5 Å². The van der Waals surface area contributed by atoms with Gasteiger partial charge in [0.2, 0.25) is 0 Å². The number of halogens is 2. The molecule has 0 aliphatic heterocycles. The fourth-order valence-electron chi connectivity index (χ4n) is 1.68. The smallest absolute Gasteiger partial charge is 0.165 e. The number of methoxy groups -OCH3 is 1. The summed E-state index contributed by atoms with van der Waals surface area (Å²) in [6, 6.07) is 8.08. The molecule has 0 amide bonds. The van der Waals surface area contributed by atoms with Gasteiger partial charge in [0.25, 0.3) is 0 Å². The van der Waals surface area contributed by atoms with Crippen molar-refractivity contribution in [2.45, 2.75) is 6.04 Å². The van der Waals surface area contributed by atoms with E-state index in [-0.39, 0.29) is 11.8 Å². The van der Waals surface area contributed by atoms with E-state index in [2.05, 4.69) is 5.43 Å². The molecular formula is C12H12ClFN2OS. The molecule has 18 heavy (non-hydrogen) atoms. The Kier molecular flexibility index (Phi) is 4.19. The largest absolute Gasteiger partial charge is 0.494 e. The van der Waals surface area contributed by atoms with Crippen LogP contribution < -0.4 is 16.0 Å². The number of hydrazine groups is 1. The molecule has 3 N–H and O–H groups in total. The van der Waals surface area contributed by atoms with Gasteiger partial charge in [0.15, 0.2) is 11.6 Å². The molecule has 0 spiro atoms. The number of hydrogen-bond acceptors (Lipinski definition) is 4. The molecule has 2 rings (SSSR count). The summed E-state index contributed by atoms with van der Waals surface area (Å²) in [6.07, 6.45) is 0. The molecule has 0 saturated carbocycles. The van der Waals surface area contributed by atoms with Crippen LogP contribution in [0, 0.1) is 5.82 Å². The average molecular weight is 287 g/mol. The van der Waals surface area contributed by atoms with Gasteiger partial charge in [-0.2, -0.15) is 0 Å². The van der Waals surface area contributed by atoms with E-state index >= 15 is 0 Å². The molecule has 1 atom stereocenters. The third-order valence-corrected chi connectivity index (χ3v) is 3.85. The lowest BCUT2D eigenvalue weighted by atomic mass is 10.1. The Morgan fingerprint density at radius 1 is 1.39 bits per heavy atom. The van der Waals surface area contributed by atoms with Gasteiger partial charge in [0, 0.05) is 4.88 Å². The van der Waals surface area contributed by atoms with Crippen molar-refractivity contribution in [2.75, 3.05) is 7.11 Å². The SMILES string of the molecule is COc1cc(C(NN)c2ccc(Cl)s2)ccc1F. The minimum Gasteiger partial charge on any atom is -0.494 e. The monoisotopic (exact) mass is 286 g/mol. The molecule has 1 aromatic carbocycles. The molecule has 0 bridgehead atoms. The van der Waals surface area contributed by atoms with Crippen molar-refractivity contribution in [3.05, 3.63) is 50.9 Å². The first-order chi connectivity index (χ1) is 8.65. The highest BCUT2D eigenvalue weighted by atomic mass is 35.5. The topological polar surface area (TPSA) is 47.3 Å². The fourth-order valence-corrected chi connectivity index (χ4v) is 2.83. The Balaban J connectivity index is 2.38. The molecule has 0 aliphatic carbocycles. The Morgan fingerprint density at radius 2 is 2.17 bits per heavy atom. The van der Waals surface area contributed by atoms with E-state index in [4.69, 9.17) is 22.2 Å². The first-order valence-corrected chi connectivity index (χ1v) is 6.40. The predicted molar refractivity (Wildman–Crippen MR) is 71.4 cm³/mol. The Labute approximate surface area is 113 Å². The second kappa shape index (κ2) is 5.67. The number of hydrogen-bond donors (Lipinski definition) is 2. The maximum absolute atomic E-state index is 13.3. The summed E-state index contributed by atoms with van der Waals surface area (Å²) in [4.78, 5) is 0.955. The van der Waals surface area contributed by atoms with Crippen LogP contribution in [0.15, 0.2) is 30.3 Å². The van der Waals surface area contributed by atoms with Crippen LogP contribution in [0.5, 0.6) is 5.75 Å². The van der Waals surface area contributed by atoms with E-state index in [0.29, 0.717) is 4.34 Å². The zero-order valence-corrected chi connectivity index (χ0v) is 11.2. The molecule has 0 saturated heterocycles. The van der Waals surface area contributed by atoms with Crippen molar-refractivity contribution in [1.82, 2.24) is 5.43 Å². The Hall–Kier alpha value is -1.14. The van der Waals surface area contributed by atoms with Crippen molar-refractivity contribution in [3.63, 3.8) is 0 Å². The lowest BCUT2D eigenvalue weighted by Crippen LogP contribution is -2.28. The quantitative estimate of drug-likeness (QED) is 0.671. The van der Waals surface area contributed by atoms with Gasteiger partial charge in [-0.3, -0.25) is 5.84 Å². The van der Waals surface area contributed by atoms with Gasteiger partial charge in [0.1, 0.15) is 0 Å². The van der Waals surface area contributed by atoms with Crippen LogP contribution in [0.2, 0.25) is 4.34 Å². The Morgan fingerprint density at radius 3 is 2.72 bits per heavy atom. The van der Waals surface area contributed by atoms with Crippen molar-refractivity contribution in [2.24, 2.45) is 5.84 Å². The van der Waals surface area contributed by atoms with Crippen LogP contribution in [0.3, 0.4) is 0 Å². The van der Waals surface area contributed by atoms with Gasteiger partial charge < -0.3 is 4.74 Å². The average Bonchev–Trinajstić information content (AvgIpc) is 2.79. The molecule has 1 heterocycles. The third kappa shape index (κ3) is 2.64. The van der Waals surface area contributed by atoms with E-state index in [1.807, 2.05) is 6.07 Å². The molecule has 0 radical (unpaired) electrons. The summed E-state index contributed by atoms with van der Waals surface area (Å²) in [6.45, 7) is 0. The van der Waals surface area contributed by atoms with Crippen LogP contribution in [-0.4, -0.2) is 7.11 Å². The number of nitrogens with one attached hydrogen (secondary N) is 1. The molecule has 0 fully saturated rings. The molecule has 3 nitrogen and oxygen atoms in total. The molecular weight excluding hydrogens is 275 g/mol.